The van der Waals surface area contributed by atoms with Crippen molar-refractivity contribution in [3.05, 3.63) is 66.0 Å². The molecule has 1 aromatic carbocycles. The van der Waals surface area contributed by atoms with E-state index in [-0.39, 0.29) is 24.0 Å². The Morgan fingerprint density at radius 3 is 2.76 bits per heavy atom. The zero-order chi connectivity index (χ0) is 23.4. The van der Waals surface area contributed by atoms with E-state index in [1.54, 1.807) is 12.5 Å². The first-order chi connectivity index (χ1) is 15.9. The van der Waals surface area contributed by atoms with Crippen LogP contribution < -0.4 is 5.32 Å². The molecule has 172 valence electrons. The van der Waals surface area contributed by atoms with Crippen LogP contribution in [0, 0.1) is 0 Å². The van der Waals surface area contributed by atoms with Gasteiger partial charge < -0.3 is 19.8 Å². The molecule has 33 heavy (non-hydrogen) atoms. The maximum atomic E-state index is 12.6. The highest BCUT2D eigenvalue weighted by Crippen LogP contribution is 2.23. The van der Waals surface area contributed by atoms with Crippen LogP contribution in [0.15, 0.2) is 58.4 Å². The number of carbonyl (C=O) groups excluding carboxylic acids is 1. The maximum Gasteiger partial charge on any atom is 0.326 e. The summed E-state index contributed by atoms with van der Waals surface area (Å²) in [6, 6.07) is 10.3. The van der Waals surface area contributed by atoms with E-state index in [0.717, 1.165) is 28.1 Å². The molecule has 1 amide bonds. The molecule has 0 saturated carbocycles. The summed E-state index contributed by atoms with van der Waals surface area (Å²) >= 11 is 1.22. The summed E-state index contributed by atoms with van der Waals surface area (Å²) in [6.45, 7) is 4.49. The average Bonchev–Trinajstić information content (AvgIpc) is 3.53. The number of nitrogens with zero attached hydrogens (tertiary/aromatic N) is 3. The van der Waals surface area contributed by atoms with Crippen LogP contribution in [0.2, 0.25) is 0 Å². The largest absolute Gasteiger partial charge is 0.480 e. The lowest BCUT2D eigenvalue weighted by atomic mass is 10.1. The summed E-state index contributed by atoms with van der Waals surface area (Å²) in [5.41, 5.74) is 1.76. The Hall–Kier alpha value is -3.53. The number of amides is 1. The van der Waals surface area contributed by atoms with Gasteiger partial charge in [-0.05, 0) is 23.8 Å². The minimum absolute atomic E-state index is 0.0199. The van der Waals surface area contributed by atoms with Crippen LogP contribution in [-0.4, -0.2) is 48.5 Å². The fraction of sp³-hybridized carbons (Fsp3) is 0.304. The molecule has 0 aliphatic carbocycles. The van der Waals surface area contributed by atoms with E-state index < -0.39 is 12.0 Å². The Morgan fingerprint density at radius 1 is 1.21 bits per heavy atom. The number of furan rings is 1. The lowest BCUT2D eigenvalue weighted by Gasteiger charge is -2.14. The Morgan fingerprint density at radius 2 is 2.03 bits per heavy atom. The van der Waals surface area contributed by atoms with Crippen LogP contribution >= 0.6 is 11.8 Å². The van der Waals surface area contributed by atoms with E-state index in [9.17, 15) is 14.7 Å². The van der Waals surface area contributed by atoms with Crippen molar-refractivity contribution in [2.24, 2.45) is 0 Å². The second-order valence-electron chi connectivity index (χ2n) is 7.97. The van der Waals surface area contributed by atoms with Gasteiger partial charge in [0.2, 0.25) is 5.91 Å². The van der Waals surface area contributed by atoms with Crippen LogP contribution in [-0.2, 0) is 22.6 Å². The lowest BCUT2D eigenvalue weighted by Crippen LogP contribution is -2.43. The van der Waals surface area contributed by atoms with Gasteiger partial charge in [-0.15, -0.1) is 10.2 Å². The highest BCUT2D eigenvalue weighted by atomic mass is 32.2. The smallest absolute Gasteiger partial charge is 0.326 e. The molecule has 0 unspecified atom stereocenters. The molecule has 0 radical (unpaired) electrons. The van der Waals surface area contributed by atoms with Gasteiger partial charge in [-0.1, -0.05) is 43.8 Å². The molecule has 0 fully saturated rings. The average molecular weight is 468 g/mol. The van der Waals surface area contributed by atoms with E-state index in [1.807, 2.05) is 54.8 Å². The number of carbonyl (C=O) groups is 2. The summed E-state index contributed by atoms with van der Waals surface area (Å²) < 4.78 is 7.37. The van der Waals surface area contributed by atoms with Gasteiger partial charge in [-0.3, -0.25) is 9.36 Å². The molecule has 3 aromatic heterocycles. The Labute approximate surface area is 194 Å². The van der Waals surface area contributed by atoms with E-state index in [4.69, 9.17) is 4.42 Å². The Balaban J connectivity index is 1.42. The van der Waals surface area contributed by atoms with Crippen molar-refractivity contribution in [1.29, 1.82) is 0 Å². The number of para-hydroxylation sites is 1. The number of aromatic nitrogens is 4. The standard InChI is InChI=1S/C23H25N5O4S/c1-14(2)21-26-27-23(28(21)12-16-6-5-9-32-16)33-13-20(29)25-19(22(30)31)10-15-11-24-18-8-4-3-7-17(15)18/h3-9,11,14,19,24H,10,12-13H2,1-2H3,(H,25,29)(H,30,31)/t19-/m1/s1. The highest BCUT2D eigenvalue weighted by Gasteiger charge is 2.23. The Kier molecular flexibility index (Phi) is 6.83. The molecule has 0 aliphatic rings. The monoisotopic (exact) mass is 467 g/mol. The molecule has 4 rings (SSSR count). The third kappa shape index (κ3) is 5.28. The van der Waals surface area contributed by atoms with Crippen molar-refractivity contribution < 1.29 is 19.1 Å². The number of hydrogen-bond donors (Lipinski definition) is 3. The number of carboxylic acid groups (broad SMARTS) is 1. The van der Waals surface area contributed by atoms with E-state index in [2.05, 4.69) is 20.5 Å². The number of rotatable bonds is 10. The third-order valence-electron chi connectivity index (χ3n) is 5.22. The van der Waals surface area contributed by atoms with Gasteiger partial charge in [0.25, 0.3) is 0 Å². The van der Waals surface area contributed by atoms with Crippen molar-refractivity contribution >= 4 is 34.5 Å². The van der Waals surface area contributed by atoms with Crippen molar-refractivity contribution in [1.82, 2.24) is 25.1 Å². The number of H-pyrrole nitrogens is 1. The van der Waals surface area contributed by atoms with Crippen LogP contribution in [0.3, 0.4) is 0 Å². The molecule has 3 heterocycles. The minimum Gasteiger partial charge on any atom is -0.480 e. The quantitative estimate of drug-likeness (QED) is 0.305. The predicted octanol–water partition coefficient (Wildman–Crippen LogP) is 3.43. The number of nitrogens with one attached hydrogen (secondary N) is 2. The summed E-state index contributed by atoms with van der Waals surface area (Å²) in [5, 5.41) is 22.3. The molecular weight excluding hydrogens is 442 g/mol. The molecule has 0 saturated heterocycles. The van der Waals surface area contributed by atoms with Gasteiger partial charge in [0, 0.05) is 29.4 Å². The van der Waals surface area contributed by atoms with Crippen molar-refractivity contribution in [2.45, 2.75) is 43.9 Å². The first kappa shape index (κ1) is 22.7. The molecule has 0 aliphatic heterocycles. The molecule has 4 aromatic rings. The van der Waals surface area contributed by atoms with Gasteiger partial charge in [0.15, 0.2) is 5.16 Å². The number of thioether (sulfide) groups is 1. The van der Waals surface area contributed by atoms with Crippen molar-refractivity contribution in [2.75, 3.05) is 5.75 Å². The first-order valence-electron chi connectivity index (χ1n) is 10.6. The number of fused-ring (bicyclic) bond motifs is 1. The molecule has 9 nitrogen and oxygen atoms in total. The molecule has 0 spiro atoms. The fourth-order valence-electron chi connectivity index (χ4n) is 3.63. The third-order valence-corrected chi connectivity index (χ3v) is 6.19. The number of aliphatic carboxylic acids is 1. The number of aromatic amines is 1. The Bertz CT molecular complexity index is 1250. The van der Waals surface area contributed by atoms with Gasteiger partial charge >= 0.3 is 5.97 Å². The summed E-state index contributed by atoms with van der Waals surface area (Å²) in [6.07, 6.45) is 3.57. The maximum absolute atomic E-state index is 12.6. The van der Waals surface area contributed by atoms with Crippen molar-refractivity contribution in [3.63, 3.8) is 0 Å². The van der Waals surface area contributed by atoms with Gasteiger partial charge in [-0.25, -0.2) is 4.79 Å². The van der Waals surface area contributed by atoms with Crippen LogP contribution in [0.1, 0.15) is 36.9 Å². The molecule has 3 N–H and O–H groups in total. The van der Waals surface area contributed by atoms with Crippen molar-refractivity contribution in [3.8, 4) is 0 Å². The minimum atomic E-state index is -1.08. The SMILES string of the molecule is CC(C)c1nnc(SCC(=O)N[C@H](Cc2c[nH]c3ccccc23)C(=O)O)n1Cc1ccco1. The van der Waals surface area contributed by atoms with Gasteiger partial charge in [0.05, 0.1) is 18.6 Å². The first-order valence-corrected chi connectivity index (χ1v) is 11.6. The zero-order valence-electron chi connectivity index (χ0n) is 18.3. The van der Waals surface area contributed by atoms with Crippen LogP contribution in [0.4, 0.5) is 0 Å². The normalized spacial score (nSPS) is 12.3. The second kappa shape index (κ2) is 9.95. The topological polar surface area (TPSA) is 126 Å². The predicted molar refractivity (Wildman–Crippen MR) is 124 cm³/mol. The summed E-state index contributed by atoms with van der Waals surface area (Å²) in [4.78, 5) is 27.6. The molecular formula is C23H25N5O4S. The van der Waals surface area contributed by atoms with Crippen LogP contribution in [0.5, 0.6) is 0 Å². The molecule has 10 heteroatoms. The lowest BCUT2D eigenvalue weighted by molar-refractivity contribution is -0.141. The summed E-state index contributed by atoms with van der Waals surface area (Å²) in [5.74, 6) is 0.243. The van der Waals surface area contributed by atoms with Gasteiger partial charge in [-0.2, -0.15) is 0 Å². The molecule has 0 bridgehead atoms. The second-order valence-corrected chi connectivity index (χ2v) is 8.91. The summed E-state index contributed by atoms with van der Waals surface area (Å²) in [7, 11) is 0. The zero-order valence-corrected chi connectivity index (χ0v) is 19.1. The number of carboxylic acids is 1. The molecule has 1 atom stereocenters. The fourth-order valence-corrected chi connectivity index (χ4v) is 4.38. The number of hydrogen-bond acceptors (Lipinski definition) is 6. The van der Waals surface area contributed by atoms with E-state index in [0.29, 0.717) is 11.7 Å². The van der Waals surface area contributed by atoms with Gasteiger partial charge in [0.1, 0.15) is 17.6 Å². The number of benzene rings is 1. The van der Waals surface area contributed by atoms with Crippen LogP contribution in [0.25, 0.3) is 10.9 Å². The van der Waals surface area contributed by atoms with E-state index in [1.165, 1.54) is 11.8 Å². The van der Waals surface area contributed by atoms with E-state index >= 15 is 0 Å². The highest BCUT2D eigenvalue weighted by molar-refractivity contribution is 7.99.